The molecule has 0 aliphatic heterocycles. The lowest BCUT2D eigenvalue weighted by molar-refractivity contribution is 0.251. The second-order valence-electron chi connectivity index (χ2n) is 6.95. The SMILES string of the molecule is COc1ccc(CNC(=O)Nc2nc(C(C)(C)c3ccc(Br)cc3)cs2)cc1F. The lowest BCUT2D eigenvalue weighted by Crippen LogP contribution is -2.28. The maximum Gasteiger partial charge on any atom is 0.321 e. The van der Waals surface area contributed by atoms with E-state index in [1.165, 1.54) is 30.6 Å². The number of urea groups is 1. The number of ether oxygens (including phenoxy) is 1. The van der Waals surface area contributed by atoms with Gasteiger partial charge in [0.15, 0.2) is 16.7 Å². The molecule has 0 aliphatic rings. The van der Waals surface area contributed by atoms with Gasteiger partial charge in [-0.2, -0.15) is 0 Å². The molecule has 3 rings (SSSR count). The topological polar surface area (TPSA) is 63.2 Å². The number of rotatable bonds is 6. The predicted molar refractivity (Wildman–Crippen MR) is 117 cm³/mol. The van der Waals surface area contributed by atoms with Crippen LogP contribution in [-0.4, -0.2) is 18.1 Å². The van der Waals surface area contributed by atoms with Crippen LogP contribution in [0.1, 0.15) is 30.7 Å². The fraction of sp³-hybridized carbons (Fsp3) is 0.238. The number of hydrogen-bond donors (Lipinski definition) is 2. The molecule has 2 amide bonds. The first-order chi connectivity index (χ1) is 13.8. The molecule has 2 N–H and O–H groups in total. The minimum Gasteiger partial charge on any atom is -0.494 e. The van der Waals surface area contributed by atoms with Crippen LogP contribution in [-0.2, 0) is 12.0 Å². The number of amides is 2. The van der Waals surface area contributed by atoms with Crippen LogP contribution in [0.3, 0.4) is 0 Å². The molecule has 3 aromatic rings. The number of anilines is 1. The van der Waals surface area contributed by atoms with Crippen LogP contribution in [0.2, 0.25) is 0 Å². The van der Waals surface area contributed by atoms with E-state index in [-0.39, 0.29) is 17.7 Å². The van der Waals surface area contributed by atoms with Crippen molar-refractivity contribution in [1.29, 1.82) is 0 Å². The summed E-state index contributed by atoms with van der Waals surface area (Å²) in [7, 11) is 1.41. The van der Waals surface area contributed by atoms with Crippen molar-refractivity contribution < 1.29 is 13.9 Å². The van der Waals surface area contributed by atoms with Crippen LogP contribution in [0.4, 0.5) is 14.3 Å². The number of hydrogen-bond acceptors (Lipinski definition) is 4. The van der Waals surface area contributed by atoms with E-state index >= 15 is 0 Å². The summed E-state index contributed by atoms with van der Waals surface area (Å²) in [6, 6.07) is 12.3. The van der Waals surface area contributed by atoms with E-state index < -0.39 is 11.8 Å². The van der Waals surface area contributed by atoms with Crippen LogP contribution in [0.5, 0.6) is 5.75 Å². The van der Waals surface area contributed by atoms with Crippen molar-refractivity contribution in [2.75, 3.05) is 12.4 Å². The molecule has 5 nitrogen and oxygen atoms in total. The summed E-state index contributed by atoms with van der Waals surface area (Å²) < 4.78 is 19.6. The van der Waals surface area contributed by atoms with Gasteiger partial charge in [0.25, 0.3) is 0 Å². The van der Waals surface area contributed by atoms with Gasteiger partial charge < -0.3 is 10.1 Å². The molecule has 8 heteroatoms. The summed E-state index contributed by atoms with van der Waals surface area (Å²) in [5.74, 6) is -0.297. The number of carbonyl (C=O) groups excluding carboxylic acids is 1. The monoisotopic (exact) mass is 477 g/mol. The lowest BCUT2D eigenvalue weighted by Gasteiger charge is -2.23. The molecule has 2 aromatic carbocycles. The number of nitrogens with one attached hydrogen (secondary N) is 2. The summed E-state index contributed by atoms with van der Waals surface area (Å²) in [6.07, 6.45) is 0. The van der Waals surface area contributed by atoms with Gasteiger partial charge in [-0.15, -0.1) is 11.3 Å². The molecule has 0 saturated heterocycles. The number of benzene rings is 2. The second-order valence-corrected chi connectivity index (χ2v) is 8.72. The minimum atomic E-state index is -0.466. The van der Waals surface area contributed by atoms with Crippen molar-refractivity contribution in [3.05, 3.63) is 75.0 Å². The van der Waals surface area contributed by atoms with E-state index in [2.05, 4.69) is 57.5 Å². The van der Waals surface area contributed by atoms with Gasteiger partial charge in [-0.05, 0) is 35.4 Å². The Kier molecular flexibility index (Phi) is 6.54. The Morgan fingerprint density at radius 2 is 1.97 bits per heavy atom. The van der Waals surface area contributed by atoms with Crippen molar-refractivity contribution >= 4 is 38.4 Å². The van der Waals surface area contributed by atoms with Gasteiger partial charge in [0.2, 0.25) is 0 Å². The number of halogens is 2. The zero-order valence-electron chi connectivity index (χ0n) is 16.3. The van der Waals surface area contributed by atoms with Gasteiger partial charge in [0.05, 0.1) is 12.8 Å². The number of aromatic nitrogens is 1. The van der Waals surface area contributed by atoms with Crippen molar-refractivity contribution in [2.24, 2.45) is 0 Å². The first-order valence-corrected chi connectivity index (χ1v) is 10.6. The third kappa shape index (κ3) is 5.13. The highest BCUT2D eigenvalue weighted by Crippen LogP contribution is 2.34. The average molecular weight is 478 g/mol. The molecule has 0 bridgehead atoms. The molecule has 0 atom stereocenters. The normalized spacial score (nSPS) is 11.2. The van der Waals surface area contributed by atoms with Crippen LogP contribution >= 0.6 is 27.3 Å². The van der Waals surface area contributed by atoms with Gasteiger partial charge in [-0.3, -0.25) is 5.32 Å². The maximum atomic E-state index is 13.7. The standard InChI is InChI=1S/C21H21BrFN3O2S/c1-21(2,14-5-7-15(22)8-6-14)18-12-29-20(25-18)26-19(27)24-11-13-4-9-17(28-3)16(23)10-13/h4-10,12H,11H2,1-3H3,(H2,24,25,26,27). The highest BCUT2D eigenvalue weighted by atomic mass is 79.9. The molecule has 0 unspecified atom stereocenters. The van der Waals surface area contributed by atoms with Gasteiger partial charge in [-0.1, -0.05) is 48.0 Å². The first-order valence-electron chi connectivity index (χ1n) is 8.89. The Balaban J connectivity index is 1.61. The van der Waals surface area contributed by atoms with Crippen molar-refractivity contribution in [2.45, 2.75) is 25.8 Å². The van der Waals surface area contributed by atoms with Crippen LogP contribution in [0.25, 0.3) is 0 Å². The van der Waals surface area contributed by atoms with Crippen LogP contribution in [0, 0.1) is 5.82 Å². The Morgan fingerprint density at radius 3 is 2.62 bits per heavy atom. The predicted octanol–water partition coefficient (Wildman–Crippen LogP) is 5.70. The Bertz CT molecular complexity index is 1010. The van der Waals surface area contributed by atoms with E-state index in [0.717, 1.165) is 15.7 Å². The van der Waals surface area contributed by atoms with Crippen LogP contribution < -0.4 is 15.4 Å². The fourth-order valence-corrected chi connectivity index (χ4v) is 3.91. The number of nitrogens with zero attached hydrogens (tertiary/aromatic N) is 1. The number of carbonyl (C=O) groups is 1. The highest BCUT2D eigenvalue weighted by Gasteiger charge is 2.26. The molecule has 1 heterocycles. The third-order valence-electron chi connectivity index (χ3n) is 4.60. The average Bonchev–Trinajstić information content (AvgIpc) is 3.16. The Labute approximate surface area is 181 Å². The van der Waals surface area contributed by atoms with E-state index in [1.54, 1.807) is 6.07 Å². The molecule has 0 radical (unpaired) electrons. The smallest absolute Gasteiger partial charge is 0.321 e. The molecular weight excluding hydrogens is 457 g/mol. The Hall–Kier alpha value is -2.45. The molecule has 0 aliphatic carbocycles. The second kappa shape index (κ2) is 8.92. The number of methoxy groups -OCH3 is 1. The zero-order chi connectivity index (χ0) is 21.0. The Morgan fingerprint density at radius 1 is 1.24 bits per heavy atom. The third-order valence-corrected chi connectivity index (χ3v) is 5.89. The quantitative estimate of drug-likeness (QED) is 0.478. The molecule has 29 heavy (non-hydrogen) atoms. The molecule has 0 saturated carbocycles. The van der Waals surface area contributed by atoms with Gasteiger partial charge >= 0.3 is 6.03 Å². The molecule has 0 fully saturated rings. The molecule has 1 aromatic heterocycles. The van der Waals surface area contributed by atoms with E-state index in [0.29, 0.717) is 10.7 Å². The van der Waals surface area contributed by atoms with Gasteiger partial charge in [0.1, 0.15) is 0 Å². The molecular formula is C21H21BrFN3O2S. The van der Waals surface area contributed by atoms with E-state index in [9.17, 15) is 9.18 Å². The van der Waals surface area contributed by atoms with Gasteiger partial charge in [-0.25, -0.2) is 14.2 Å². The lowest BCUT2D eigenvalue weighted by atomic mass is 9.82. The summed E-state index contributed by atoms with van der Waals surface area (Å²) >= 11 is 4.81. The van der Waals surface area contributed by atoms with Crippen molar-refractivity contribution in [3.63, 3.8) is 0 Å². The summed E-state index contributed by atoms with van der Waals surface area (Å²) in [6.45, 7) is 4.37. The highest BCUT2D eigenvalue weighted by molar-refractivity contribution is 9.10. The molecule has 152 valence electrons. The van der Waals surface area contributed by atoms with E-state index in [4.69, 9.17) is 4.74 Å². The maximum absolute atomic E-state index is 13.7. The summed E-state index contributed by atoms with van der Waals surface area (Å²) in [5, 5.41) is 7.88. The van der Waals surface area contributed by atoms with Crippen molar-refractivity contribution in [3.8, 4) is 5.75 Å². The fourth-order valence-electron chi connectivity index (χ4n) is 2.78. The zero-order valence-corrected chi connectivity index (χ0v) is 18.7. The van der Waals surface area contributed by atoms with Crippen molar-refractivity contribution in [1.82, 2.24) is 10.3 Å². The number of thiazole rings is 1. The summed E-state index contributed by atoms with van der Waals surface area (Å²) in [5.41, 5.74) is 2.34. The van der Waals surface area contributed by atoms with E-state index in [1.807, 2.05) is 17.5 Å². The van der Waals surface area contributed by atoms with Crippen LogP contribution in [0.15, 0.2) is 52.3 Å². The molecule has 0 spiro atoms. The van der Waals surface area contributed by atoms with Gasteiger partial charge in [0, 0.05) is 21.8 Å². The largest absolute Gasteiger partial charge is 0.494 e. The summed E-state index contributed by atoms with van der Waals surface area (Å²) in [4.78, 5) is 16.8. The minimum absolute atomic E-state index is 0.168. The first kappa shape index (κ1) is 21.3.